The molecule has 4 heteroatoms. The number of rotatable bonds is 4. The minimum absolute atomic E-state index is 0.0262. The van der Waals surface area contributed by atoms with Gasteiger partial charge in [-0.25, -0.2) is 0 Å². The number of carbonyl (C=O) groups excluding carboxylic acids is 1. The van der Waals surface area contributed by atoms with Crippen molar-refractivity contribution >= 4 is 21.7 Å². The molecule has 2 N–H and O–H groups in total. The van der Waals surface area contributed by atoms with E-state index in [0.717, 1.165) is 4.47 Å². The van der Waals surface area contributed by atoms with Gasteiger partial charge in [-0.05, 0) is 24.7 Å². The summed E-state index contributed by atoms with van der Waals surface area (Å²) in [4.78, 5) is 11.6. The molecule has 1 rings (SSSR count). The Morgan fingerprint density at radius 2 is 2.29 bits per heavy atom. The van der Waals surface area contributed by atoms with Gasteiger partial charge in [-0.2, -0.15) is 0 Å². The number of ketones is 1. The summed E-state index contributed by atoms with van der Waals surface area (Å²) in [5.41, 5.74) is 5.94. The van der Waals surface area contributed by atoms with E-state index in [1.165, 1.54) is 0 Å². The SMILES string of the molecule is COc1ccc(Br)c(C(=O)CCN)c1. The van der Waals surface area contributed by atoms with E-state index in [2.05, 4.69) is 15.9 Å². The quantitative estimate of drug-likeness (QED) is 0.840. The van der Waals surface area contributed by atoms with Gasteiger partial charge in [0.05, 0.1) is 7.11 Å². The monoisotopic (exact) mass is 257 g/mol. The molecule has 3 nitrogen and oxygen atoms in total. The maximum Gasteiger partial charge on any atom is 0.165 e. The smallest absolute Gasteiger partial charge is 0.165 e. The molecule has 1 aromatic carbocycles. The molecule has 0 aliphatic rings. The average molecular weight is 258 g/mol. The summed E-state index contributed by atoms with van der Waals surface area (Å²) < 4.78 is 5.81. The molecule has 76 valence electrons. The first-order chi connectivity index (χ1) is 6.69. The second-order valence-electron chi connectivity index (χ2n) is 2.81. The molecule has 0 saturated heterocycles. The van der Waals surface area contributed by atoms with Crippen LogP contribution in [-0.4, -0.2) is 19.4 Å². The second kappa shape index (κ2) is 5.12. The Hall–Kier alpha value is -0.870. The highest BCUT2D eigenvalue weighted by molar-refractivity contribution is 9.10. The largest absolute Gasteiger partial charge is 0.497 e. The molecule has 0 atom stereocenters. The number of halogens is 1. The van der Waals surface area contributed by atoms with Crippen LogP contribution in [0.25, 0.3) is 0 Å². The molecular formula is C10H12BrNO2. The van der Waals surface area contributed by atoms with Gasteiger partial charge in [0.25, 0.3) is 0 Å². The number of Topliss-reactive ketones (excluding diaryl/α,β-unsaturated/α-hetero) is 1. The van der Waals surface area contributed by atoms with E-state index in [0.29, 0.717) is 24.3 Å². The van der Waals surface area contributed by atoms with E-state index in [9.17, 15) is 4.79 Å². The van der Waals surface area contributed by atoms with Gasteiger partial charge in [0.15, 0.2) is 5.78 Å². The van der Waals surface area contributed by atoms with Gasteiger partial charge in [-0.1, -0.05) is 15.9 Å². The van der Waals surface area contributed by atoms with E-state index in [4.69, 9.17) is 10.5 Å². The average Bonchev–Trinajstić information content (AvgIpc) is 2.19. The van der Waals surface area contributed by atoms with Gasteiger partial charge >= 0.3 is 0 Å². The molecule has 0 radical (unpaired) electrons. The van der Waals surface area contributed by atoms with E-state index in [-0.39, 0.29) is 5.78 Å². The van der Waals surface area contributed by atoms with Crippen LogP contribution in [0.1, 0.15) is 16.8 Å². The van der Waals surface area contributed by atoms with Crippen molar-refractivity contribution in [2.45, 2.75) is 6.42 Å². The van der Waals surface area contributed by atoms with Gasteiger partial charge in [0.1, 0.15) is 5.75 Å². The Morgan fingerprint density at radius 1 is 1.57 bits per heavy atom. The zero-order chi connectivity index (χ0) is 10.6. The number of nitrogens with two attached hydrogens (primary N) is 1. The van der Waals surface area contributed by atoms with Gasteiger partial charge in [0.2, 0.25) is 0 Å². The number of benzene rings is 1. The highest BCUT2D eigenvalue weighted by Gasteiger charge is 2.09. The molecule has 0 saturated carbocycles. The fraction of sp³-hybridized carbons (Fsp3) is 0.300. The van der Waals surface area contributed by atoms with E-state index < -0.39 is 0 Å². The molecular weight excluding hydrogens is 246 g/mol. The minimum Gasteiger partial charge on any atom is -0.497 e. The minimum atomic E-state index is 0.0262. The van der Waals surface area contributed by atoms with Crippen LogP contribution in [0, 0.1) is 0 Å². The van der Waals surface area contributed by atoms with Crippen LogP contribution in [-0.2, 0) is 0 Å². The maximum atomic E-state index is 11.6. The van der Waals surface area contributed by atoms with Crippen molar-refractivity contribution in [1.82, 2.24) is 0 Å². The fourth-order valence-corrected chi connectivity index (χ4v) is 1.58. The summed E-state index contributed by atoms with van der Waals surface area (Å²) in [6, 6.07) is 5.30. The second-order valence-corrected chi connectivity index (χ2v) is 3.66. The molecule has 0 aromatic heterocycles. The predicted octanol–water partition coefficient (Wildman–Crippen LogP) is 1.99. The Morgan fingerprint density at radius 3 is 2.86 bits per heavy atom. The molecule has 0 aliphatic carbocycles. The summed E-state index contributed by atoms with van der Waals surface area (Å²) in [5.74, 6) is 0.701. The van der Waals surface area contributed by atoms with Gasteiger partial charge in [0, 0.05) is 16.5 Å². The van der Waals surface area contributed by atoms with Crippen molar-refractivity contribution in [3.8, 4) is 5.75 Å². The summed E-state index contributed by atoms with van der Waals surface area (Å²) in [7, 11) is 1.57. The van der Waals surface area contributed by atoms with Crippen LogP contribution in [0.3, 0.4) is 0 Å². The number of carbonyl (C=O) groups is 1. The third-order valence-electron chi connectivity index (χ3n) is 1.85. The zero-order valence-electron chi connectivity index (χ0n) is 7.92. The summed E-state index contributed by atoms with van der Waals surface area (Å²) in [6.45, 7) is 0.364. The van der Waals surface area contributed by atoms with Crippen molar-refractivity contribution in [2.24, 2.45) is 5.73 Å². The molecule has 1 aromatic rings. The highest BCUT2D eigenvalue weighted by Crippen LogP contribution is 2.23. The normalized spacial score (nSPS) is 9.93. The fourth-order valence-electron chi connectivity index (χ4n) is 1.11. The molecule has 0 unspecified atom stereocenters. The predicted molar refractivity (Wildman–Crippen MR) is 58.7 cm³/mol. The van der Waals surface area contributed by atoms with Gasteiger partial charge in [-0.15, -0.1) is 0 Å². The van der Waals surface area contributed by atoms with Crippen LogP contribution in [0.2, 0.25) is 0 Å². The summed E-state index contributed by atoms with van der Waals surface area (Å²) in [6.07, 6.45) is 0.353. The van der Waals surface area contributed by atoms with E-state index in [1.807, 2.05) is 0 Å². The van der Waals surface area contributed by atoms with Crippen molar-refractivity contribution in [3.63, 3.8) is 0 Å². The van der Waals surface area contributed by atoms with Crippen LogP contribution in [0.15, 0.2) is 22.7 Å². The molecule has 0 amide bonds. The number of hydrogen-bond donors (Lipinski definition) is 1. The summed E-state index contributed by atoms with van der Waals surface area (Å²) in [5, 5.41) is 0. The standard InChI is InChI=1S/C10H12BrNO2/c1-14-7-2-3-9(11)8(6-7)10(13)4-5-12/h2-3,6H,4-5,12H2,1H3. The lowest BCUT2D eigenvalue weighted by Crippen LogP contribution is -2.08. The Bertz CT molecular complexity index is 339. The maximum absolute atomic E-state index is 11.6. The molecule has 14 heavy (non-hydrogen) atoms. The van der Waals surface area contributed by atoms with E-state index >= 15 is 0 Å². The lowest BCUT2D eigenvalue weighted by atomic mass is 10.1. The lowest BCUT2D eigenvalue weighted by molar-refractivity contribution is 0.0984. The van der Waals surface area contributed by atoms with Crippen molar-refractivity contribution < 1.29 is 9.53 Å². The molecule has 0 spiro atoms. The number of methoxy groups -OCH3 is 1. The van der Waals surface area contributed by atoms with E-state index in [1.54, 1.807) is 25.3 Å². The first-order valence-corrected chi connectivity index (χ1v) is 5.05. The van der Waals surface area contributed by atoms with Gasteiger partial charge in [-0.3, -0.25) is 4.79 Å². The number of hydrogen-bond acceptors (Lipinski definition) is 3. The molecule has 0 heterocycles. The first-order valence-electron chi connectivity index (χ1n) is 4.26. The first kappa shape index (κ1) is 11.2. The lowest BCUT2D eigenvalue weighted by Gasteiger charge is -2.05. The Balaban J connectivity index is 2.99. The summed E-state index contributed by atoms with van der Waals surface area (Å²) >= 11 is 3.31. The van der Waals surface area contributed by atoms with Gasteiger partial charge < -0.3 is 10.5 Å². The zero-order valence-corrected chi connectivity index (χ0v) is 9.50. The Labute approximate surface area is 91.4 Å². The van der Waals surface area contributed by atoms with Crippen molar-refractivity contribution in [3.05, 3.63) is 28.2 Å². The van der Waals surface area contributed by atoms with Crippen LogP contribution < -0.4 is 10.5 Å². The molecule has 0 aliphatic heterocycles. The van der Waals surface area contributed by atoms with Crippen LogP contribution in [0.4, 0.5) is 0 Å². The van der Waals surface area contributed by atoms with Crippen molar-refractivity contribution in [1.29, 1.82) is 0 Å². The third kappa shape index (κ3) is 2.56. The van der Waals surface area contributed by atoms with Crippen LogP contribution >= 0.6 is 15.9 Å². The number of ether oxygens (including phenoxy) is 1. The highest BCUT2D eigenvalue weighted by atomic mass is 79.9. The van der Waals surface area contributed by atoms with Crippen LogP contribution in [0.5, 0.6) is 5.75 Å². The Kier molecular flexibility index (Phi) is 4.10. The van der Waals surface area contributed by atoms with Crippen molar-refractivity contribution in [2.75, 3.05) is 13.7 Å². The molecule has 0 bridgehead atoms. The topological polar surface area (TPSA) is 52.3 Å². The third-order valence-corrected chi connectivity index (χ3v) is 2.54. The molecule has 0 fully saturated rings.